The van der Waals surface area contributed by atoms with Crippen LogP contribution in [0, 0.1) is 5.92 Å². The molecule has 2 aliphatic rings. The minimum Gasteiger partial charge on any atom is -0.481 e. The van der Waals surface area contributed by atoms with Gasteiger partial charge < -0.3 is 5.11 Å². The number of carboxylic acids is 1. The Hall–Kier alpha value is -1.50. The van der Waals surface area contributed by atoms with Crippen molar-refractivity contribution in [2.75, 3.05) is 0 Å². The molecule has 1 aromatic rings. The molecule has 3 atom stereocenters. The van der Waals surface area contributed by atoms with Crippen molar-refractivity contribution >= 4 is 15.8 Å². The molecule has 2 saturated carbocycles. The number of aliphatic carboxylic acids is 1. The number of hydrogen-bond acceptors (Lipinski definition) is 3. The Morgan fingerprint density at radius 2 is 1.67 bits per heavy atom. The number of hydrogen-bond donors (Lipinski definition) is 1. The van der Waals surface area contributed by atoms with Crippen molar-refractivity contribution in [1.29, 1.82) is 0 Å². The van der Waals surface area contributed by atoms with E-state index in [4.69, 9.17) is 0 Å². The molecular weight excluding hydrogens is 338 g/mol. The SMILES string of the molecule is O=C(O)C(CC1CC(F)C(F)C1)c1ccc(S(=O)(=O)C2CC2)cc1. The largest absolute Gasteiger partial charge is 0.481 e. The fourth-order valence-corrected chi connectivity index (χ4v) is 5.05. The zero-order chi connectivity index (χ0) is 17.5. The normalized spacial score (nSPS) is 28.7. The maximum atomic E-state index is 13.3. The Morgan fingerprint density at radius 1 is 1.12 bits per heavy atom. The van der Waals surface area contributed by atoms with Gasteiger partial charge in [0.2, 0.25) is 0 Å². The molecule has 0 heterocycles. The fraction of sp³-hybridized carbons (Fsp3) is 0.588. The molecule has 2 aliphatic carbocycles. The van der Waals surface area contributed by atoms with Crippen molar-refractivity contribution in [2.45, 2.75) is 60.5 Å². The highest BCUT2D eigenvalue weighted by atomic mass is 32.2. The number of alkyl halides is 2. The lowest BCUT2D eigenvalue weighted by atomic mass is 9.88. The van der Waals surface area contributed by atoms with Crippen LogP contribution in [0.15, 0.2) is 29.2 Å². The summed E-state index contributed by atoms with van der Waals surface area (Å²) in [5, 5.41) is 9.12. The molecule has 0 saturated heterocycles. The van der Waals surface area contributed by atoms with Crippen molar-refractivity contribution in [2.24, 2.45) is 5.92 Å². The van der Waals surface area contributed by atoms with Crippen LogP contribution in [0.2, 0.25) is 0 Å². The van der Waals surface area contributed by atoms with Gasteiger partial charge in [-0.2, -0.15) is 0 Å². The van der Waals surface area contributed by atoms with Gasteiger partial charge in [-0.1, -0.05) is 12.1 Å². The molecule has 0 radical (unpaired) electrons. The van der Waals surface area contributed by atoms with E-state index in [1.54, 1.807) is 0 Å². The molecule has 0 aromatic heterocycles. The second kappa shape index (κ2) is 6.43. The van der Waals surface area contributed by atoms with Gasteiger partial charge in [0.1, 0.15) is 12.3 Å². The monoisotopic (exact) mass is 358 g/mol. The molecule has 0 amide bonds. The maximum Gasteiger partial charge on any atom is 0.310 e. The van der Waals surface area contributed by atoms with Gasteiger partial charge >= 0.3 is 5.97 Å². The van der Waals surface area contributed by atoms with Gasteiger partial charge in [0.15, 0.2) is 9.84 Å². The highest BCUT2D eigenvalue weighted by Gasteiger charge is 2.38. The van der Waals surface area contributed by atoms with Crippen molar-refractivity contribution in [3.05, 3.63) is 29.8 Å². The van der Waals surface area contributed by atoms with Gasteiger partial charge in [-0.25, -0.2) is 17.2 Å². The van der Waals surface area contributed by atoms with Crippen molar-refractivity contribution in [3.8, 4) is 0 Å². The summed E-state index contributed by atoms with van der Waals surface area (Å²) >= 11 is 0. The second-order valence-electron chi connectivity index (χ2n) is 6.81. The molecule has 2 fully saturated rings. The molecular formula is C17H20F2O4S. The third-order valence-electron chi connectivity index (χ3n) is 4.95. The van der Waals surface area contributed by atoms with E-state index in [9.17, 15) is 27.1 Å². The predicted octanol–water partition coefficient (Wildman–Crippen LogP) is 3.27. The molecule has 7 heteroatoms. The number of rotatable bonds is 6. The van der Waals surface area contributed by atoms with E-state index in [0.29, 0.717) is 18.4 Å². The summed E-state index contributed by atoms with van der Waals surface area (Å²) in [7, 11) is -3.31. The van der Waals surface area contributed by atoms with Crippen molar-refractivity contribution in [1.82, 2.24) is 0 Å². The number of sulfone groups is 1. The van der Waals surface area contributed by atoms with Crippen molar-refractivity contribution in [3.63, 3.8) is 0 Å². The van der Waals surface area contributed by atoms with Crippen LogP contribution in [0.1, 0.15) is 43.6 Å². The molecule has 0 bridgehead atoms. The van der Waals surface area contributed by atoms with Crippen LogP contribution in [-0.4, -0.2) is 37.1 Å². The van der Waals surface area contributed by atoms with Gasteiger partial charge in [-0.15, -0.1) is 0 Å². The summed E-state index contributed by atoms with van der Waals surface area (Å²) in [5.41, 5.74) is 0.468. The first-order valence-electron chi connectivity index (χ1n) is 8.14. The quantitative estimate of drug-likeness (QED) is 0.847. The van der Waals surface area contributed by atoms with E-state index in [1.807, 2.05) is 0 Å². The van der Waals surface area contributed by atoms with Crippen molar-refractivity contribution < 1.29 is 27.1 Å². The molecule has 1 aromatic carbocycles. The zero-order valence-corrected chi connectivity index (χ0v) is 13.9. The molecule has 1 N–H and O–H groups in total. The number of carboxylic acid groups (broad SMARTS) is 1. The number of benzene rings is 1. The standard InChI is InChI=1S/C17H20F2O4S/c18-15-8-10(9-16(15)19)7-14(17(20)21)11-1-3-12(4-2-11)24(22,23)13-5-6-13/h1-4,10,13-16H,5-9H2,(H,20,21). The molecule has 4 nitrogen and oxygen atoms in total. The van der Waals surface area contributed by atoms with E-state index in [2.05, 4.69) is 0 Å². The molecule has 3 unspecified atom stereocenters. The highest BCUT2D eigenvalue weighted by Crippen LogP contribution is 2.38. The summed E-state index contributed by atoms with van der Waals surface area (Å²) < 4.78 is 50.9. The predicted molar refractivity (Wildman–Crippen MR) is 84.2 cm³/mol. The lowest BCUT2D eigenvalue weighted by Gasteiger charge is -2.17. The average molecular weight is 358 g/mol. The average Bonchev–Trinajstić information content (AvgIpc) is 3.33. The minimum atomic E-state index is -3.31. The van der Waals surface area contributed by atoms with Crippen LogP contribution in [0.3, 0.4) is 0 Å². The van der Waals surface area contributed by atoms with Gasteiger partial charge in [-0.05, 0) is 55.7 Å². The van der Waals surface area contributed by atoms with Crippen LogP contribution in [0.4, 0.5) is 8.78 Å². The minimum absolute atomic E-state index is 0.0408. The van der Waals surface area contributed by atoms with Crippen LogP contribution in [0.5, 0.6) is 0 Å². The fourth-order valence-electron chi connectivity index (χ4n) is 3.39. The molecule has 3 rings (SSSR count). The van der Waals surface area contributed by atoms with Gasteiger partial charge in [0.05, 0.1) is 16.1 Å². The zero-order valence-electron chi connectivity index (χ0n) is 13.1. The summed E-state index contributed by atoms with van der Waals surface area (Å²) in [5.74, 6) is -2.26. The summed E-state index contributed by atoms with van der Waals surface area (Å²) in [6.45, 7) is 0. The van der Waals surface area contributed by atoms with Gasteiger partial charge in [0, 0.05) is 0 Å². The Labute approximate surface area is 139 Å². The highest BCUT2D eigenvalue weighted by molar-refractivity contribution is 7.92. The first kappa shape index (κ1) is 17.3. The first-order chi connectivity index (χ1) is 11.3. The van der Waals surface area contributed by atoms with Crippen LogP contribution < -0.4 is 0 Å². The summed E-state index contributed by atoms with van der Waals surface area (Å²) in [6.07, 6.45) is -1.47. The molecule has 0 spiro atoms. The topological polar surface area (TPSA) is 71.4 Å². The third-order valence-corrected chi connectivity index (χ3v) is 7.23. The smallest absolute Gasteiger partial charge is 0.310 e. The lowest BCUT2D eigenvalue weighted by molar-refractivity contribution is -0.139. The van der Waals surface area contributed by atoms with Crippen LogP contribution in [-0.2, 0) is 14.6 Å². The van der Waals surface area contributed by atoms with Crippen LogP contribution >= 0.6 is 0 Å². The number of halogens is 2. The Morgan fingerprint density at radius 3 is 2.12 bits per heavy atom. The van der Waals surface area contributed by atoms with Crippen LogP contribution in [0.25, 0.3) is 0 Å². The second-order valence-corrected chi connectivity index (χ2v) is 9.04. The van der Waals surface area contributed by atoms with Gasteiger partial charge in [0.25, 0.3) is 0 Å². The summed E-state index contributed by atoms with van der Waals surface area (Å²) in [4.78, 5) is 11.7. The lowest BCUT2D eigenvalue weighted by Crippen LogP contribution is -2.16. The van der Waals surface area contributed by atoms with E-state index < -0.39 is 34.1 Å². The van der Waals surface area contributed by atoms with Gasteiger partial charge in [-0.3, -0.25) is 4.79 Å². The van der Waals surface area contributed by atoms with E-state index in [1.165, 1.54) is 24.3 Å². The molecule has 0 aliphatic heterocycles. The molecule has 24 heavy (non-hydrogen) atoms. The van der Waals surface area contributed by atoms with E-state index in [-0.39, 0.29) is 35.3 Å². The van der Waals surface area contributed by atoms with E-state index >= 15 is 0 Å². The first-order valence-corrected chi connectivity index (χ1v) is 9.68. The Bertz CT molecular complexity index is 703. The third kappa shape index (κ3) is 3.45. The Kier molecular flexibility index (Phi) is 4.64. The number of carbonyl (C=O) groups is 1. The maximum absolute atomic E-state index is 13.3. The molecule has 132 valence electrons. The summed E-state index contributed by atoms with van der Waals surface area (Å²) in [6, 6.07) is 5.87. The Balaban J connectivity index is 1.75. The van der Waals surface area contributed by atoms with E-state index in [0.717, 1.165) is 0 Å².